The number of hydrogen-bond donors (Lipinski definition) is 2. The molecular formula is C17H27NO2. The van der Waals surface area contributed by atoms with E-state index in [9.17, 15) is 5.11 Å². The van der Waals surface area contributed by atoms with Crippen LogP contribution >= 0.6 is 0 Å². The molecule has 0 amide bonds. The van der Waals surface area contributed by atoms with E-state index >= 15 is 0 Å². The van der Waals surface area contributed by atoms with Gasteiger partial charge in [-0.3, -0.25) is 0 Å². The predicted molar refractivity (Wildman–Crippen MR) is 82.0 cm³/mol. The molecule has 1 aliphatic carbocycles. The van der Waals surface area contributed by atoms with Crippen molar-refractivity contribution in [2.24, 2.45) is 5.92 Å². The minimum Gasteiger partial charge on any atom is -0.497 e. The van der Waals surface area contributed by atoms with Gasteiger partial charge in [-0.2, -0.15) is 0 Å². The lowest BCUT2D eigenvalue weighted by molar-refractivity contribution is 0.154. The molecule has 0 radical (unpaired) electrons. The number of hydrogen-bond acceptors (Lipinski definition) is 3. The molecule has 112 valence electrons. The molecule has 2 rings (SSSR count). The Bertz CT molecular complexity index is 390. The van der Waals surface area contributed by atoms with Crippen molar-refractivity contribution in [1.29, 1.82) is 0 Å². The van der Waals surface area contributed by atoms with Crippen molar-refractivity contribution in [2.45, 2.75) is 51.2 Å². The van der Waals surface area contributed by atoms with E-state index in [4.69, 9.17) is 4.74 Å². The summed E-state index contributed by atoms with van der Waals surface area (Å²) in [6, 6.07) is 8.23. The average molecular weight is 277 g/mol. The smallest absolute Gasteiger partial charge is 0.118 e. The molecule has 1 aromatic rings. The van der Waals surface area contributed by atoms with Crippen molar-refractivity contribution in [3.8, 4) is 5.75 Å². The van der Waals surface area contributed by atoms with Crippen LogP contribution in [0.3, 0.4) is 0 Å². The van der Waals surface area contributed by atoms with Gasteiger partial charge in [-0.1, -0.05) is 38.3 Å². The van der Waals surface area contributed by atoms with E-state index in [1.54, 1.807) is 7.11 Å². The number of benzene rings is 1. The number of nitrogens with one attached hydrogen (secondary N) is 1. The van der Waals surface area contributed by atoms with Crippen LogP contribution < -0.4 is 10.1 Å². The summed E-state index contributed by atoms with van der Waals surface area (Å²) >= 11 is 0. The maximum Gasteiger partial charge on any atom is 0.118 e. The van der Waals surface area contributed by atoms with E-state index in [0.717, 1.165) is 17.2 Å². The largest absolute Gasteiger partial charge is 0.497 e. The summed E-state index contributed by atoms with van der Waals surface area (Å²) in [5.74, 6) is 1.60. The number of aliphatic hydroxyl groups excluding tert-OH is 1. The normalized spacial score (nSPS) is 24.4. The maximum atomic E-state index is 10.3. The van der Waals surface area contributed by atoms with Crippen LogP contribution in [-0.4, -0.2) is 24.8 Å². The first-order valence-electron chi connectivity index (χ1n) is 7.80. The quantitative estimate of drug-likeness (QED) is 0.838. The molecule has 0 aromatic heterocycles. The first-order chi connectivity index (χ1) is 9.74. The third-order valence-corrected chi connectivity index (χ3v) is 4.51. The standard InChI is InChI=1S/C17H27NO2/c1-3-13-6-4-5-7-16(13)18-12-17(19)14-8-10-15(20-2)11-9-14/h8-11,13,16-19H,3-7,12H2,1-2H3. The fourth-order valence-electron chi connectivity index (χ4n) is 3.17. The summed E-state index contributed by atoms with van der Waals surface area (Å²) in [6.07, 6.45) is 6.03. The van der Waals surface area contributed by atoms with Gasteiger partial charge in [0.2, 0.25) is 0 Å². The van der Waals surface area contributed by atoms with Gasteiger partial charge in [0.15, 0.2) is 0 Å². The number of ether oxygens (including phenoxy) is 1. The van der Waals surface area contributed by atoms with Crippen LogP contribution in [0.25, 0.3) is 0 Å². The van der Waals surface area contributed by atoms with Crippen molar-refractivity contribution < 1.29 is 9.84 Å². The van der Waals surface area contributed by atoms with E-state index in [-0.39, 0.29) is 0 Å². The van der Waals surface area contributed by atoms with Gasteiger partial charge in [0, 0.05) is 12.6 Å². The molecule has 1 saturated carbocycles. The number of rotatable bonds is 6. The fraction of sp³-hybridized carbons (Fsp3) is 0.647. The molecule has 0 bridgehead atoms. The minimum absolute atomic E-state index is 0.444. The van der Waals surface area contributed by atoms with Crippen LogP contribution in [0.15, 0.2) is 24.3 Å². The summed E-state index contributed by atoms with van der Waals surface area (Å²) in [5, 5.41) is 13.8. The van der Waals surface area contributed by atoms with Crippen LogP contribution in [-0.2, 0) is 0 Å². The molecule has 0 heterocycles. The van der Waals surface area contributed by atoms with Crippen LogP contribution in [0.4, 0.5) is 0 Å². The van der Waals surface area contributed by atoms with Gasteiger partial charge in [-0.25, -0.2) is 0 Å². The molecule has 3 atom stereocenters. The molecule has 3 unspecified atom stereocenters. The van der Waals surface area contributed by atoms with Gasteiger partial charge in [0.05, 0.1) is 13.2 Å². The summed E-state index contributed by atoms with van der Waals surface area (Å²) in [6.45, 7) is 2.90. The van der Waals surface area contributed by atoms with Gasteiger partial charge in [-0.05, 0) is 36.5 Å². The highest BCUT2D eigenvalue weighted by Gasteiger charge is 2.23. The zero-order chi connectivity index (χ0) is 14.4. The van der Waals surface area contributed by atoms with Crippen molar-refractivity contribution in [1.82, 2.24) is 5.32 Å². The first kappa shape index (κ1) is 15.3. The summed E-state index contributed by atoms with van der Waals surface area (Å²) < 4.78 is 5.14. The van der Waals surface area contributed by atoms with E-state index in [1.807, 2.05) is 24.3 Å². The second kappa shape index (κ2) is 7.65. The Balaban J connectivity index is 1.85. The van der Waals surface area contributed by atoms with E-state index < -0.39 is 6.10 Å². The third-order valence-electron chi connectivity index (χ3n) is 4.51. The predicted octanol–water partition coefficient (Wildman–Crippen LogP) is 3.29. The van der Waals surface area contributed by atoms with Gasteiger partial charge >= 0.3 is 0 Å². The molecule has 20 heavy (non-hydrogen) atoms. The zero-order valence-corrected chi connectivity index (χ0v) is 12.6. The van der Waals surface area contributed by atoms with E-state index in [1.165, 1.54) is 32.1 Å². The van der Waals surface area contributed by atoms with Crippen LogP contribution in [0.2, 0.25) is 0 Å². The first-order valence-corrected chi connectivity index (χ1v) is 7.80. The summed E-state index contributed by atoms with van der Waals surface area (Å²) in [7, 11) is 1.65. The van der Waals surface area contributed by atoms with Gasteiger partial charge in [-0.15, -0.1) is 0 Å². The van der Waals surface area contributed by atoms with Crippen molar-refractivity contribution in [3.05, 3.63) is 29.8 Å². The highest BCUT2D eigenvalue weighted by Crippen LogP contribution is 2.27. The Labute approximate surface area is 122 Å². The molecular weight excluding hydrogens is 250 g/mol. The molecule has 0 aliphatic heterocycles. The lowest BCUT2D eigenvalue weighted by Gasteiger charge is -2.32. The van der Waals surface area contributed by atoms with Gasteiger partial charge < -0.3 is 15.2 Å². The molecule has 3 heteroatoms. The van der Waals surface area contributed by atoms with Crippen LogP contribution in [0, 0.1) is 5.92 Å². The molecule has 1 aliphatic rings. The Hall–Kier alpha value is -1.06. The minimum atomic E-state index is -0.444. The van der Waals surface area contributed by atoms with E-state index in [2.05, 4.69) is 12.2 Å². The van der Waals surface area contributed by atoms with Gasteiger partial charge in [0.25, 0.3) is 0 Å². The Morgan fingerprint density at radius 3 is 2.60 bits per heavy atom. The molecule has 3 nitrogen and oxygen atoms in total. The highest BCUT2D eigenvalue weighted by atomic mass is 16.5. The lowest BCUT2D eigenvalue weighted by Crippen LogP contribution is -2.40. The summed E-state index contributed by atoms with van der Waals surface area (Å²) in [4.78, 5) is 0. The summed E-state index contributed by atoms with van der Waals surface area (Å²) in [5.41, 5.74) is 0.946. The Kier molecular flexibility index (Phi) is 5.86. The van der Waals surface area contributed by atoms with Crippen molar-refractivity contribution >= 4 is 0 Å². The van der Waals surface area contributed by atoms with Crippen LogP contribution in [0.5, 0.6) is 5.75 Å². The zero-order valence-electron chi connectivity index (χ0n) is 12.6. The molecule has 0 spiro atoms. The Morgan fingerprint density at radius 1 is 1.25 bits per heavy atom. The second-order valence-corrected chi connectivity index (χ2v) is 5.76. The van der Waals surface area contributed by atoms with Crippen molar-refractivity contribution in [2.75, 3.05) is 13.7 Å². The fourth-order valence-corrected chi connectivity index (χ4v) is 3.17. The number of methoxy groups -OCH3 is 1. The maximum absolute atomic E-state index is 10.3. The lowest BCUT2D eigenvalue weighted by atomic mass is 9.83. The molecule has 0 saturated heterocycles. The Morgan fingerprint density at radius 2 is 1.95 bits per heavy atom. The van der Waals surface area contributed by atoms with Gasteiger partial charge in [0.1, 0.15) is 5.75 Å². The highest BCUT2D eigenvalue weighted by molar-refractivity contribution is 5.28. The van der Waals surface area contributed by atoms with Crippen molar-refractivity contribution in [3.63, 3.8) is 0 Å². The molecule has 1 fully saturated rings. The monoisotopic (exact) mass is 277 g/mol. The topological polar surface area (TPSA) is 41.5 Å². The number of aliphatic hydroxyl groups is 1. The van der Waals surface area contributed by atoms with E-state index in [0.29, 0.717) is 12.6 Å². The van der Waals surface area contributed by atoms with Crippen LogP contribution in [0.1, 0.15) is 50.7 Å². The molecule has 2 N–H and O–H groups in total. The third kappa shape index (κ3) is 3.97. The SMILES string of the molecule is CCC1CCCCC1NCC(O)c1ccc(OC)cc1. The average Bonchev–Trinajstić information content (AvgIpc) is 2.53. The molecule has 1 aromatic carbocycles. The second-order valence-electron chi connectivity index (χ2n) is 5.76.